The Balaban J connectivity index is 2.08. The smallest absolute Gasteiger partial charge is 0.379 e. The molecule has 176 valence electrons. The van der Waals surface area contributed by atoms with Crippen molar-refractivity contribution >= 4 is 29.0 Å². The van der Waals surface area contributed by atoms with Gasteiger partial charge in [-0.25, -0.2) is 9.78 Å². The first-order chi connectivity index (χ1) is 16.3. The summed E-state index contributed by atoms with van der Waals surface area (Å²) in [5, 5.41) is 9.53. The second-order valence-corrected chi connectivity index (χ2v) is 8.71. The normalized spacial score (nSPS) is 14.3. The fraction of sp³-hybridized carbons (Fsp3) is 0.346. The van der Waals surface area contributed by atoms with E-state index in [-0.39, 0.29) is 22.7 Å². The number of nitrogens with two attached hydrogens (primary N) is 1. The Morgan fingerprint density at radius 2 is 1.74 bits per heavy atom. The molecule has 3 aromatic rings. The maximum atomic E-state index is 13.0. The predicted molar refractivity (Wildman–Crippen MR) is 125 cm³/mol. The van der Waals surface area contributed by atoms with Gasteiger partial charge in [-0.15, -0.1) is 0 Å². The SMILES string of the molecule is CCc1c(C(=O)C(N)=O)c2c(C(=O)C(=O)O)nc(C3CCCCC3)cn2c1Cc1ccccc1. The van der Waals surface area contributed by atoms with Crippen molar-refractivity contribution in [2.24, 2.45) is 5.73 Å². The molecule has 0 bridgehead atoms. The highest BCUT2D eigenvalue weighted by Gasteiger charge is 2.32. The van der Waals surface area contributed by atoms with Gasteiger partial charge in [0.15, 0.2) is 0 Å². The molecule has 0 aliphatic heterocycles. The van der Waals surface area contributed by atoms with E-state index < -0.39 is 23.4 Å². The summed E-state index contributed by atoms with van der Waals surface area (Å²) in [6, 6.07) is 9.60. The Bertz CT molecular complexity index is 1290. The fourth-order valence-corrected chi connectivity index (χ4v) is 4.99. The maximum absolute atomic E-state index is 13.0. The van der Waals surface area contributed by atoms with E-state index in [1.54, 1.807) is 10.6 Å². The van der Waals surface area contributed by atoms with Gasteiger partial charge in [0.05, 0.1) is 16.8 Å². The highest BCUT2D eigenvalue weighted by atomic mass is 16.4. The lowest BCUT2D eigenvalue weighted by Gasteiger charge is -2.22. The molecule has 8 heteroatoms. The van der Waals surface area contributed by atoms with Crippen molar-refractivity contribution in [3.63, 3.8) is 0 Å². The number of rotatable bonds is 8. The third-order valence-electron chi connectivity index (χ3n) is 6.60. The molecule has 1 amide bonds. The van der Waals surface area contributed by atoms with Crippen molar-refractivity contribution in [2.75, 3.05) is 0 Å². The second kappa shape index (κ2) is 9.59. The molecule has 1 saturated carbocycles. The quantitative estimate of drug-likeness (QED) is 0.390. The van der Waals surface area contributed by atoms with Gasteiger partial charge in [-0.05, 0) is 30.4 Å². The zero-order valence-electron chi connectivity index (χ0n) is 19.0. The van der Waals surface area contributed by atoms with Crippen LogP contribution < -0.4 is 5.73 Å². The van der Waals surface area contributed by atoms with Gasteiger partial charge in [0, 0.05) is 24.2 Å². The Morgan fingerprint density at radius 1 is 1.06 bits per heavy atom. The Morgan fingerprint density at radius 3 is 2.32 bits per heavy atom. The summed E-state index contributed by atoms with van der Waals surface area (Å²) in [5.41, 5.74) is 7.91. The Kier molecular flexibility index (Phi) is 6.58. The van der Waals surface area contributed by atoms with Crippen LogP contribution >= 0.6 is 0 Å². The van der Waals surface area contributed by atoms with Crippen molar-refractivity contribution in [3.8, 4) is 0 Å². The topological polar surface area (TPSA) is 132 Å². The number of carboxylic acids is 1. The number of carbonyl (C=O) groups is 4. The average Bonchev–Trinajstić information content (AvgIpc) is 3.16. The van der Waals surface area contributed by atoms with Gasteiger partial charge in [-0.1, -0.05) is 56.5 Å². The summed E-state index contributed by atoms with van der Waals surface area (Å²) in [5.74, 6) is -4.92. The van der Waals surface area contributed by atoms with Crippen LogP contribution in [0.2, 0.25) is 0 Å². The molecule has 4 rings (SSSR count). The number of carbonyl (C=O) groups excluding carboxylic acids is 3. The van der Waals surface area contributed by atoms with Crippen LogP contribution in [0.3, 0.4) is 0 Å². The van der Waals surface area contributed by atoms with Crippen LogP contribution in [0.15, 0.2) is 36.5 Å². The molecule has 1 aromatic carbocycles. The van der Waals surface area contributed by atoms with Crippen LogP contribution in [0.25, 0.3) is 5.52 Å². The van der Waals surface area contributed by atoms with Crippen LogP contribution in [0.5, 0.6) is 0 Å². The van der Waals surface area contributed by atoms with Crippen molar-refractivity contribution < 1.29 is 24.3 Å². The van der Waals surface area contributed by atoms with Crippen LogP contribution in [0.1, 0.15) is 88.3 Å². The summed E-state index contributed by atoms with van der Waals surface area (Å²) in [7, 11) is 0. The van der Waals surface area contributed by atoms with Crippen molar-refractivity contribution in [1.82, 2.24) is 9.38 Å². The minimum Gasteiger partial charge on any atom is -0.475 e. The minimum absolute atomic E-state index is 0.0341. The van der Waals surface area contributed by atoms with Gasteiger partial charge < -0.3 is 15.2 Å². The van der Waals surface area contributed by atoms with E-state index in [1.165, 1.54) is 0 Å². The zero-order valence-corrected chi connectivity index (χ0v) is 19.0. The largest absolute Gasteiger partial charge is 0.475 e. The monoisotopic (exact) mass is 461 g/mol. The number of fused-ring (bicyclic) bond motifs is 1. The number of hydrogen-bond donors (Lipinski definition) is 2. The number of aromatic nitrogens is 2. The molecule has 34 heavy (non-hydrogen) atoms. The van der Waals surface area contributed by atoms with E-state index in [4.69, 9.17) is 5.73 Å². The molecule has 0 unspecified atom stereocenters. The van der Waals surface area contributed by atoms with Crippen LogP contribution in [-0.2, 0) is 22.4 Å². The van der Waals surface area contributed by atoms with E-state index >= 15 is 0 Å². The molecule has 0 saturated heterocycles. The Hall–Kier alpha value is -3.81. The van der Waals surface area contributed by atoms with Gasteiger partial charge in [0.25, 0.3) is 17.5 Å². The maximum Gasteiger partial charge on any atom is 0.379 e. The number of ketones is 2. The minimum atomic E-state index is -1.67. The lowest BCUT2D eigenvalue weighted by atomic mass is 9.87. The van der Waals surface area contributed by atoms with E-state index in [0.29, 0.717) is 29.8 Å². The molecule has 2 heterocycles. The van der Waals surface area contributed by atoms with Gasteiger partial charge >= 0.3 is 5.97 Å². The molecule has 3 N–H and O–H groups in total. The molecule has 1 fully saturated rings. The molecule has 8 nitrogen and oxygen atoms in total. The van der Waals surface area contributed by atoms with Gasteiger partial charge in [0.2, 0.25) is 0 Å². The first-order valence-corrected chi connectivity index (χ1v) is 11.6. The molecule has 2 aromatic heterocycles. The third kappa shape index (κ3) is 4.23. The van der Waals surface area contributed by atoms with Crippen molar-refractivity contribution in [2.45, 2.75) is 57.8 Å². The first-order valence-electron chi connectivity index (χ1n) is 11.6. The van der Waals surface area contributed by atoms with Crippen LogP contribution in [0.4, 0.5) is 0 Å². The second-order valence-electron chi connectivity index (χ2n) is 8.71. The molecule has 0 atom stereocenters. The molecule has 1 aliphatic rings. The molecule has 0 spiro atoms. The summed E-state index contributed by atoms with van der Waals surface area (Å²) in [4.78, 5) is 53.9. The number of Topliss-reactive ketones (excluding diaryl/α,β-unsaturated/α-hetero) is 2. The predicted octanol–water partition coefficient (Wildman–Crippen LogP) is 3.47. The highest BCUT2D eigenvalue weighted by Crippen LogP contribution is 2.35. The number of carboxylic acid groups (broad SMARTS) is 1. The first kappa shape index (κ1) is 23.4. The van der Waals surface area contributed by atoms with Gasteiger partial charge in [0.1, 0.15) is 5.69 Å². The summed E-state index contributed by atoms with van der Waals surface area (Å²) >= 11 is 0. The van der Waals surface area contributed by atoms with Crippen LogP contribution in [0, 0.1) is 0 Å². The lowest BCUT2D eigenvalue weighted by Crippen LogP contribution is -2.25. The lowest BCUT2D eigenvalue weighted by molar-refractivity contribution is -0.131. The average molecular weight is 462 g/mol. The van der Waals surface area contributed by atoms with E-state index in [0.717, 1.165) is 37.7 Å². The highest BCUT2D eigenvalue weighted by molar-refractivity contribution is 6.46. The van der Waals surface area contributed by atoms with Crippen molar-refractivity contribution in [3.05, 3.63) is 70.3 Å². The number of hydrogen-bond acceptors (Lipinski definition) is 5. The van der Waals surface area contributed by atoms with Crippen molar-refractivity contribution in [1.29, 1.82) is 0 Å². The number of nitrogens with zero attached hydrogens (tertiary/aromatic N) is 2. The molecule has 0 radical (unpaired) electrons. The number of benzene rings is 1. The summed E-state index contributed by atoms with van der Waals surface area (Å²) in [6.07, 6.45) is 7.58. The molecular weight excluding hydrogens is 434 g/mol. The summed E-state index contributed by atoms with van der Waals surface area (Å²) in [6.45, 7) is 1.84. The number of aliphatic carboxylic acids is 1. The van der Waals surface area contributed by atoms with Gasteiger partial charge in [-0.2, -0.15) is 0 Å². The van der Waals surface area contributed by atoms with E-state index in [2.05, 4.69) is 4.98 Å². The zero-order chi connectivity index (χ0) is 24.4. The van der Waals surface area contributed by atoms with E-state index in [1.807, 2.05) is 37.3 Å². The molecular formula is C26H27N3O5. The van der Waals surface area contributed by atoms with Crippen LogP contribution in [-0.4, -0.2) is 37.9 Å². The third-order valence-corrected chi connectivity index (χ3v) is 6.60. The Labute approximate surface area is 196 Å². The standard InChI is InChI=1S/C26H27N3O5/c1-2-17-19(13-15-9-5-3-6-10-15)29-14-18(16-11-7-4-8-12-16)28-21(24(31)26(33)34)22(29)20(17)23(30)25(27)32/h3,5-6,9-10,14,16H,2,4,7-8,11-13H2,1H3,(H2,27,32)(H,33,34). The fourth-order valence-electron chi connectivity index (χ4n) is 4.99. The number of primary amides is 1. The van der Waals surface area contributed by atoms with E-state index in [9.17, 15) is 24.3 Å². The number of amides is 1. The van der Waals surface area contributed by atoms with Gasteiger partial charge in [-0.3, -0.25) is 14.4 Å². The molecule has 1 aliphatic carbocycles. The summed E-state index contributed by atoms with van der Waals surface area (Å²) < 4.78 is 1.70.